The van der Waals surface area contributed by atoms with Crippen LogP contribution in [0.5, 0.6) is 0 Å². The maximum atomic E-state index is 13.7. The average Bonchev–Trinajstić information content (AvgIpc) is 2.66. The van der Waals surface area contributed by atoms with Gasteiger partial charge in [0, 0.05) is 6.42 Å². The summed E-state index contributed by atoms with van der Waals surface area (Å²) in [6.07, 6.45) is 0.769. The van der Waals surface area contributed by atoms with E-state index in [-0.39, 0.29) is 29.0 Å². The Bertz CT molecular complexity index is 845. The first kappa shape index (κ1) is 21.9. The number of ketones is 1. The molecule has 152 valence electrons. The minimum atomic E-state index is -2.26. The summed E-state index contributed by atoms with van der Waals surface area (Å²) in [5.74, 6) is -13.7. The number of methoxy groups -OCH3 is 1. The van der Waals surface area contributed by atoms with Crippen molar-refractivity contribution in [2.24, 2.45) is 11.8 Å². The molecule has 2 atom stereocenters. The highest BCUT2D eigenvalue weighted by Gasteiger charge is 2.41. The number of thioether (sulfide) groups is 1. The highest BCUT2D eigenvalue weighted by molar-refractivity contribution is 7.99. The lowest BCUT2D eigenvalue weighted by Gasteiger charge is -2.27. The second-order valence-corrected chi connectivity index (χ2v) is 7.02. The summed E-state index contributed by atoms with van der Waals surface area (Å²) in [5, 5.41) is 11.6. The Kier molecular flexibility index (Phi) is 6.81. The molecule has 11 heteroatoms. The number of carbonyl (C=O) groups excluding carboxylic acids is 2. The van der Waals surface area contributed by atoms with Crippen LogP contribution in [-0.2, 0) is 14.3 Å². The monoisotopic (exact) mass is 423 g/mol. The Morgan fingerprint density at radius 2 is 1.75 bits per heavy atom. The van der Waals surface area contributed by atoms with E-state index in [0.29, 0.717) is 11.8 Å². The summed E-state index contributed by atoms with van der Waals surface area (Å²) in [7, 11) is 1.08. The van der Waals surface area contributed by atoms with Gasteiger partial charge in [-0.05, 0) is 18.1 Å². The first-order valence-electron chi connectivity index (χ1n) is 7.84. The normalized spacial score (nSPS) is 19.4. The van der Waals surface area contributed by atoms with Crippen molar-refractivity contribution in [3.8, 4) is 0 Å². The van der Waals surface area contributed by atoms with Crippen LogP contribution in [0.15, 0.2) is 16.7 Å². The molecule has 0 heterocycles. The largest absolute Gasteiger partial charge is 0.619 e. The van der Waals surface area contributed by atoms with Crippen molar-refractivity contribution < 1.29 is 41.0 Å². The van der Waals surface area contributed by atoms with Gasteiger partial charge in [-0.25, -0.2) is 22.0 Å². The van der Waals surface area contributed by atoms with Gasteiger partial charge in [0.1, 0.15) is 12.6 Å². The molecule has 0 radical (unpaired) electrons. The fourth-order valence-corrected chi connectivity index (χ4v) is 3.95. The van der Waals surface area contributed by atoms with Crippen LogP contribution in [-0.4, -0.2) is 36.1 Å². The Balaban J connectivity index is 2.22. The average molecular weight is 423 g/mol. The molecule has 0 saturated carbocycles. The van der Waals surface area contributed by atoms with Crippen LogP contribution < -0.4 is 0 Å². The predicted molar refractivity (Wildman–Crippen MR) is 89.0 cm³/mol. The third-order valence-electron chi connectivity index (χ3n) is 4.21. The van der Waals surface area contributed by atoms with Crippen molar-refractivity contribution in [2.45, 2.75) is 17.7 Å². The first-order valence-corrected chi connectivity index (χ1v) is 8.82. The summed E-state index contributed by atoms with van der Waals surface area (Å²) in [5.41, 5.74) is -0.227. The summed E-state index contributed by atoms with van der Waals surface area (Å²) in [6.45, 7) is 3.10. The number of hydroxylamine groups is 1. The van der Waals surface area contributed by atoms with Gasteiger partial charge in [0.15, 0.2) is 29.1 Å². The molecule has 0 saturated heterocycles. The molecule has 0 spiro atoms. The van der Waals surface area contributed by atoms with Gasteiger partial charge in [0.05, 0.1) is 18.1 Å². The number of benzene rings is 1. The summed E-state index contributed by atoms with van der Waals surface area (Å²) < 4.78 is 71.8. The number of hydrogen-bond donors (Lipinski definition) is 0. The van der Waals surface area contributed by atoms with Crippen LogP contribution >= 0.6 is 11.8 Å². The van der Waals surface area contributed by atoms with Crippen LogP contribution in [0.3, 0.4) is 0 Å². The van der Waals surface area contributed by atoms with E-state index in [0.717, 1.165) is 13.2 Å². The van der Waals surface area contributed by atoms with E-state index >= 15 is 0 Å². The molecule has 0 amide bonds. The van der Waals surface area contributed by atoms with E-state index in [1.807, 2.05) is 0 Å². The molecule has 1 aliphatic rings. The summed E-state index contributed by atoms with van der Waals surface area (Å²) in [6, 6.07) is 0. The molecule has 1 aromatic rings. The highest BCUT2D eigenvalue weighted by atomic mass is 32.2. The maximum absolute atomic E-state index is 13.7. The molecule has 2 rings (SSSR count). The Morgan fingerprint density at radius 1 is 1.21 bits per heavy atom. The Labute approximate surface area is 160 Å². The number of carbonyl (C=O) groups is 2. The van der Waals surface area contributed by atoms with Crippen molar-refractivity contribution in [1.29, 1.82) is 0 Å². The topological polar surface area (TPSA) is 69.4 Å². The van der Waals surface area contributed by atoms with Crippen molar-refractivity contribution in [3.05, 3.63) is 46.1 Å². The number of nitrogens with zero attached hydrogens (tertiary/aromatic N) is 1. The van der Waals surface area contributed by atoms with Crippen LogP contribution in [0.1, 0.15) is 12.8 Å². The zero-order valence-electron chi connectivity index (χ0n) is 14.4. The Hall–Kier alpha value is -2.43. The Morgan fingerprint density at radius 3 is 2.25 bits per heavy atom. The molecule has 0 bridgehead atoms. The van der Waals surface area contributed by atoms with Gasteiger partial charge in [-0.2, -0.15) is 4.74 Å². The standard InChI is InChI=1S/C17H14F5NO4S/c1-23(26)9-6-8(24)5-7(10(9)17(25)27-2)3-4-28-16-14(21)12(19)11(18)13(20)15(16)22/h6-7,10H,1,3-5H2,2H3. The molecule has 0 aromatic heterocycles. The molecular formula is C17H14F5NO4S. The van der Waals surface area contributed by atoms with E-state index in [4.69, 9.17) is 0 Å². The van der Waals surface area contributed by atoms with E-state index in [1.165, 1.54) is 0 Å². The number of hydrogen-bond acceptors (Lipinski definition) is 5. The van der Waals surface area contributed by atoms with Crippen LogP contribution in [0.4, 0.5) is 22.0 Å². The second-order valence-electron chi connectivity index (χ2n) is 5.92. The fraction of sp³-hybridized carbons (Fsp3) is 0.353. The van der Waals surface area contributed by atoms with E-state index in [9.17, 15) is 36.7 Å². The van der Waals surface area contributed by atoms with Crippen LogP contribution in [0, 0.1) is 46.1 Å². The number of ether oxygens (including phenoxy) is 1. The van der Waals surface area contributed by atoms with Gasteiger partial charge in [-0.3, -0.25) is 9.59 Å². The van der Waals surface area contributed by atoms with Crippen molar-refractivity contribution in [3.63, 3.8) is 0 Å². The number of halogens is 5. The maximum Gasteiger partial charge on any atom is 0.319 e. The molecular weight excluding hydrogens is 409 g/mol. The van der Waals surface area contributed by atoms with Gasteiger partial charge < -0.3 is 9.94 Å². The van der Waals surface area contributed by atoms with Crippen LogP contribution in [0.2, 0.25) is 0 Å². The molecule has 28 heavy (non-hydrogen) atoms. The summed E-state index contributed by atoms with van der Waals surface area (Å²) in [4.78, 5) is 22.8. The highest BCUT2D eigenvalue weighted by Crippen LogP contribution is 2.36. The fourth-order valence-electron chi connectivity index (χ4n) is 2.89. The lowest BCUT2D eigenvalue weighted by atomic mass is 9.79. The van der Waals surface area contributed by atoms with Gasteiger partial charge >= 0.3 is 5.97 Å². The third kappa shape index (κ3) is 4.18. The van der Waals surface area contributed by atoms with Crippen molar-refractivity contribution >= 4 is 30.2 Å². The van der Waals surface area contributed by atoms with Crippen molar-refractivity contribution in [1.82, 2.24) is 0 Å². The zero-order chi connectivity index (χ0) is 21.2. The number of allylic oxidation sites excluding steroid dienone is 1. The molecule has 1 aromatic carbocycles. The number of esters is 1. The molecule has 0 N–H and O–H groups in total. The van der Waals surface area contributed by atoms with Crippen molar-refractivity contribution in [2.75, 3.05) is 12.9 Å². The van der Waals surface area contributed by atoms with Gasteiger partial charge in [-0.15, -0.1) is 11.8 Å². The van der Waals surface area contributed by atoms with Crippen LogP contribution in [0.25, 0.3) is 0 Å². The van der Waals surface area contributed by atoms with E-state index in [2.05, 4.69) is 11.5 Å². The van der Waals surface area contributed by atoms with Gasteiger partial charge in [0.2, 0.25) is 11.5 Å². The second kappa shape index (κ2) is 8.72. The zero-order valence-corrected chi connectivity index (χ0v) is 15.3. The molecule has 2 unspecified atom stereocenters. The molecule has 1 aliphatic carbocycles. The number of rotatable bonds is 6. The molecule has 0 aliphatic heterocycles. The molecule has 0 fully saturated rings. The summed E-state index contributed by atoms with van der Waals surface area (Å²) >= 11 is 0.350. The SMILES string of the molecule is C=[N+]([O-])C1=CC(=O)CC(CCSc2c(F)c(F)c(F)c(F)c2F)C1C(=O)OC. The minimum absolute atomic E-state index is 0.0408. The first-order chi connectivity index (χ1) is 13.1. The van der Waals surface area contributed by atoms with Gasteiger partial charge in [-0.1, -0.05) is 0 Å². The lowest BCUT2D eigenvalue weighted by molar-refractivity contribution is -0.401. The predicted octanol–water partition coefficient (Wildman–Crippen LogP) is 3.34. The van der Waals surface area contributed by atoms with E-state index in [1.54, 1.807) is 0 Å². The molecule has 5 nitrogen and oxygen atoms in total. The minimum Gasteiger partial charge on any atom is -0.619 e. The quantitative estimate of drug-likeness (QED) is 0.0808. The smallest absolute Gasteiger partial charge is 0.319 e. The van der Waals surface area contributed by atoms with E-state index < -0.39 is 57.6 Å². The lowest BCUT2D eigenvalue weighted by Crippen LogP contribution is -2.35. The third-order valence-corrected chi connectivity index (χ3v) is 5.30. The van der Waals surface area contributed by atoms with Gasteiger partial charge in [0.25, 0.3) is 0 Å².